The molecule has 5 nitrogen and oxygen atoms in total. The number of hydrazone groups is 1. The number of halogens is 1. The van der Waals surface area contributed by atoms with Crippen LogP contribution >= 0.6 is 15.9 Å². The lowest BCUT2D eigenvalue weighted by Gasteiger charge is -2.13. The Kier molecular flexibility index (Phi) is 6.17. The standard InChI is InChI=1S/C17H17BrN2O3/c1-12(23-16-9-4-3-8-15(16)18)17(21)20-19-11-13-6-5-7-14(10-13)22-2/h3-12H,1-2H3,(H,20,21). The molecule has 2 aromatic rings. The smallest absolute Gasteiger partial charge is 0.280 e. The molecule has 6 heteroatoms. The molecule has 0 bridgehead atoms. The molecule has 0 aliphatic heterocycles. The van der Waals surface area contributed by atoms with Crippen LogP contribution in [0.4, 0.5) is 0 Å². The van der Waals surface area contributed by atoms with Gasteiger partial charge in [-0.1, -0.05) is 24.3 Å². The quantitative estimate of drug-likeness (QED) is 0.620. The normalized spacial score (nSPS) is 12.0. The third-order valence-electron chi connectivity index (χ3n) is 2.99. The summed E-state index contributed by atoms with van der Waals surface area (Å²) in [5.74, 6) is 0.998. The molecule has 1 unspecified atom stereocenters. The van der Waals surface area contributed by atoms with E-state index in [0.717, 1.165) is 15.8 Å². The van der Waals surface area contributed by atoms with Crippen molar-refractivity contribution in [2.45, 2.75) is 13.0 Å². The van der Waals surface area contributed by atoms with Crippen molar-refractivity contribution in [2.24, 2.45) is 5.10 Å². The largest absolute Gasteiger partial charge is 0.497 e. The van der Waals surface area contributed by atoms with Gasteiger partial charge in [0.15, 0.2) is 6.10 Å². The number of benzene rings is 2. The van der Waals surface area contributed by atoms with Crippen LogP contribution in [0, 0.1) is 0 Å². The number of carbonyl (C=O) groups is 1. The van der Waals surface area contributed by atoms with Crippen molar-refractivity contribution in [1.82, 2.24) is 5.43 Å². The summed E-state index contributed by atoms with van der Waals surface area (Å²) in [6, 6.07) is 14.7. The first-order chi connectivity index (χ1) is 11.1. The minimum atomic E-state index is -0.670. The van der Waals surface area contributed by atoms with Crippen molar-refractivity contribution in [3.8, 4) is 11.5 Å². The number of ether oxygens (including phenoxy) is 2. The molecule has 1 N–H and O–H groups in total. The molecule has 0 fully saturated rings. The lowest BCUT2D eigenvalue weighted by molar-refractivity contribution is -0.127. The number of nitrogens with one attached hydrogen (secondary N) is 1. The number of rotatable bonds is 6. The van der Waals surface area contributed by atoms with Gasteiger partial charge in [-0.15, -0.1) is 0 Å². The van der Waals surface area contributed by atoms with E-state index in [1.807, 2.05) is 42.5 Å². The van der Waals surface area contributed by atoms with E-state index in [9.17, 15) is 4.79 Å². The molecule has 0 heterocycles. The highest BCUT2D eigenvalue weighted by Gasteiger charge is 2.15. The maximum atomic E-state index is 12.0. The number of hydrogen-bond acceptors (Lipinski definition) is 4. The first kappa shape index (κ1) is 17.0. The van der Waals surface area contributed by atoms with Crippen molar-refractivity contribution < 1.29 is 14.3 Å². The molecule has 23 heavy (non-hydrogen) atoms. The summed E-state index contributed by atoms with van der Waals surface area (Å²) < 4.78 is 11.5. The number of methoxy groups -OCH3 is 1. The van der Waals surface area contributed by atoms with E-state index >= 15 is 0 Å². The minimum absolute atomic E-state index is 0.333. The fourth-order valence-electron chi connectivity index (χ4n) is 1.77. The number of para-hydroxylation sites is 1. The number of nitrogens with zero attached hydrogens (tertiary/aromatic N) is 1. The van der Waals surface area contributed by atoms with Crippen LogP contribution in [0.1, 0.15) is 12.5 Å². The summed E-state index contributed by atoms with van der Waals surface area (Å²) in [7, 11) is 1.60. The van der Waals surface area contributed by atoms with E-state index in [1.165, 1.54) is 0 Å². The third-order valence-corrected chi connectivity index (χ3v) is 3.65. The predicted molar refractivity (Wildman–Crippen MR) is 93.0 cm³/mol. The molecule has 1 amide bonds. The van der Waals surface area contributed by atoms with E-state index in [0.29, 0.717) is 5.75 Å². The Labute approximate surface area is 143 Å². The average molecular weight is 377 g/mol. The Hall–Kier alpha value is -2.34. The second-order valence-electron chi connectivity index (χ2n) is 4.70. The van der Waals surface area contributed by atoms with Crippen LogP contribution in [0.2, 0.25) is 0 Å². The van der Waals surface area contributed by atoms with Crippen molar-refractivity contribution in [1.29, 1.82) is 0 Å². The molecule has 1 atom stereocenters. The topological polar surface area (TPSA) is 59.9 Å². The Morgan fingerprint density at radius 2 is 2.04 bits per heavy atom. The van der Waals surface area contributed by atoms with Gasteiger partial charge in [0.25, 0.3) is 5.91 Å². The average Bonchev–Trinajstić information content (AvgIpc) is 2.57. The second kappa shape index (κ2) is 8.33. The molecule has 0 aliphatic rings. The highest BCUT2D eigenvalue weighted by molar-refractivity contribution is 9.10. The zero-order valence-corrected chi connectivity index (χ0v) is 14.4. The van der Waals surface area contributed by atoms with Crippen molar-refractivity contribution >= 4 is 28.1 Å². The first-order valence-electron chi connectivity index (χ1n) is 6.98. The summed E-state index contributed by atoms with van der Waals surface area (Å²) in [5.41, 5.74) is 3.28. The van der Waals surface area contributed by atoms with Crippen LogP contribution < -0.4 is 14.9 Å². The van der Waals surface area contributed by atoms with Crippen LogP contribution in [0.15, 0.2) is 58.1 Å². The Bertz CT molecular complexity index is 704. The third kappa shape index (κ3) is 5.10. The molecule has 0 aliphatic carbocycles. The second-order valence-corrected chi connectivity index (χ2v) is 5.56. The summed E-state index contributed by atoms with van der Waals surface area (Å²) >= 11 is 3.37. The van der Waals surface area contributed by atoms with E-state index in [2.05, 4.69) is 26.5 Å². The van der Waals surface area contributed by atoms with Crippen LogP contribution in [0.25, 0.3) is 0 Å². The summed E-state index contributed by atoms with van der Waals surface area (Å²) in [5, 5.41) is 3.93. The lowest BCUT2D eigenvalue weighted by atomic mass is 10.2. The van der Waals surface area contributed by atoms with Gasteiger partial charge in [0.05, 0.1) is 17.8 Å². The Morgan fingerprint density at radius 3 is 2.78 bits per heavy atom. The zero-order valence-electron chi connectivity index (χ0n) is 12.8. The number of carbonyl (C=O) groups excluding carboxylic acids is 1. The molecule has 2 rings (SSSR count). The molecule has 0 aromatic heterocycles. The van der Waals surface area contributed by atoms with Crippen LogP contribution in [-0.2, 0) is 4.79 Å². The zero-order chi connectivity index (χ0) is 16.7. The molecule has 120 valence electrons. The van der Waals surface area contributed by atoms with Gasteiger partial charge in [0, 0.05) is 0 Å². The van der Waals surface area contributed by atoms with Crippen LogP contribution in [-0.4, -0.2) is 25.3 Å². The van der Waals surface area contributed by atoms with Gasteiger partial charge in [-0.2, -0.15) is 5.10 Å². The highest BCUT2D eigenvalue weighted by Crippen LogP contribution is 2.24. The van der Waals surface area contributed by atoms with E-state index in [1.54, 1.807) is 26.3 Å². The van der Waals surface area contributed by atoms with E-state index in [-0.39, 0.29) is 5.91 Å². The van der Waals surface area contributed by atoms with Gasteiger partial charge in [-0.05, 0) is 52.7 Å². The molecular weight excluding hydrogens is 360 g/mol. The van der Waals surface area contributed by atoms with Crippen molar-refractivity contribution in [2.75, 3.05) is 7.11 Å². The van der Waals surface area contributed by atoms with E-state index in [4.69, 9.17) is 9.47 Å². The van der Waals surface area contributed by atoms with Crippen molar-refractivity contribution in [3.05, 3.63) is 58.6 Å². The highest BCUT2D eigenvalue weighted by atomic mass is 79.9. The molecule has 0 spiro atoms. The van der Waals surface area contributed by atoms with Crippen LogP contribution in [0.5, 0.6) is 11.5 Å². The summed E-state index contributed by atoms with van der Waals surface area (Å²) in [4.78, 5) is 12.0. The van der Waals surface area contributed by atoms with Gasteiger partial charge in [0.1, 0.15) is 11.5 Å². The maximum Gasteiger partial charge on any atom is 0.280 e. The molecule has 2 aromatic carbocycles. The maximum absolute atomic E-state index is 12.0. The first-order valence-corrected chi connectivity index (χ1v) is 7.77. The summed E-state index contributed by atoms with van der Waals surface area (Å²) in [6.07, 6.45) is 0.877. The number of hydrogen-bond donors (Lipinski definition) is 1. The lowest BCUT2D eigenvalue weighted by Crippen LogP contribution is -2.33. The van der Waals surface area contributed by atoms with Crippen molar-refractivity contribution in [3.63, 3.8) is 0 Å². The molecule has 0 saturated heterocycles. The Balaban J connectivity index is 1.91. The Morgan fingerprint density at radius 1 is 1.26 bits per heavy atom. The van der Waals surface area contributed by atoms with E-state index < -0.39 is 6.10 Å². The van der Waals surface area contributed by atoms with Gasteiger partial charge in [0.2, 0.25) is 0 Å². The SMILES string of the molecule is COc1cccc(C=NNC(=O)C(C)Oc2ccccc2Br)c1. The van der Waals surface area contributed by atoms with Gasteiger partial charge in [-0.3, -0.25) is 4.79 Å². The molecular formula is C17H17BrN2O3. The molecule has 0 radical (unpaired) electrons. The monoisotopic (exact) mass is 376 g/mol. The van der Waals surface area contributed by atoms with Gasteiger partial charge >= 0.3 is 0 Å². The van der Waals surface area contributed by atoms with Gasteiger partial charge < -0.3 is 9.47 Å². The predicted octanol–water partition coefficient (Wildman–Crippen LogP) is 3.38. The van der Waals surface area contributed by atoms with Gasteiger partial charge in [-0.25, -0.2) is 5.43 Å². The minimum Gasteiger partial charge on any atom is -0.497 e. The van der Waals surface area contributed by atoms with Crippen LogP contribution in [0.3, 0.4) is 0 Å². The number of amides is 1. The molecule has 0 saturated carbocycles. The fourth-order valence-corrected chi connectivity index (χ4v) is 2.15. The summed E-state index contributed by atoms with van der Waals surface area (Å²) in [6.45, 7) is 1.66. The fraction of sp³-hybridized carbons (Fsp3) is 0.176.